The zero-order chi connectivity index (χ0) is 21.5. The smallest absolute Gasteiger partial charge is 0.239 e. The number of hydrogen-bond donors (Lipinski definition) is 1. The van der Waals surface area contributed by atoms with Crippen LogP contribution in [-0.4, -0.2) is 27.9 Å². The molecule has 0 saturated carbocycles. The van der Waals surface area contributed by atoms with Crippen LogP contribution in [0.15, 0.2) is 54.6 Å². The third-order valence-corrected chi connectivity index (χ3v) is 5.76. The molecular weight excluding hydrogens is 399 g/mol. The van der Waals surface area contributed by atoms with E-state index >= 15 is 0 Å². The monoisotopic (exact) mass is 426 g/mol. The van der Waals surface area contributed by atoms with Gasteiger partial charge in [-0.1, -0.05) is 56.3 Å². The average molecular weight is 427 g/mol. The van der Waals surface area contributed by atoms with E-state index in [1.165, 1.54) is 23.7 Å². The van der Waals surface area contributed by atoms with E-state index in [1.54, 1.807) is 12.1 Å². The Labute approximate surface area is 181 Å². The van der Waals surface area contributed by atoms with Crippen LogP contribution in [0.2, 0.25) is 0 Å². The van der Waals surface area contributed by atoms with E-state index in [0.717, 1.165) is 11.1 Å². The maximum atomic E-state index is 13.1. The number of benzene rings is 2. The Morgan fingerprint density at radius 3 is 2.43 bits per heavy atom. The number of rotatable bonds is 9. The van der Waals surface area contributed by atoms with Crippen LogP contribution < -0.4 is 10.2 Å². The highest BCUT2D eigenvalue weighted by atomic mass is 32.1. The minimum atomic E-state index is -0.263. The SMILES string of the molecule is CC(C)[C@@H](C)NC(=O)CN(Cc1ccccc1)c1nc(Cc2ccc(F)cc2)ns1. The van der Waals surface area contributed by atoms with Crippen molar-refractivity contribution in [3.8, 4) is 0 Å². The first-order valence-corrected chi connectivity index (χ1v) is 10.8. The molecule has 1 N–H and O–H groups in total. The summed E-state index contributed by atoms with van der Waals surface area (Å²) in [4.78, 5) is 19.2. The largest absolute Gasteiger partial charge is 0.352 e. The van der Waals surface area contributed by atoms with Gasteiger partial charge in [0, 0.05) is 30.5 Å². The van der Waals surface area contributed by atoms with Crippen molar-refractivity contribution in [3.05, 3.63) is 77.4 Å². The van der Waals surface area contributed by atoms with Gasteiger partial charge in [-0.05, 0) is 36.1 Å². The molecule has 1 heterocycles. The molecule has 0 saturated heterocycles. The Hall–Kier alpha value is -2.80. The highest BCUT2D eigenvalue weighted by Crippen LogP contribution is 2.21. The van der Waals surface area contributed by atoms with E-state index in [0.29, 0.717) is 29.8 Å². The molecular formula is C23H27FN4OS. The molecule has 3 rings (SSSR count). The number of aromatic nitrogens is 2. The van der Waals surface area contributed by atoms with Crippen LogP contribution in [0, 0.1) is 11.7 Å². The van der Waals surface area contributed by atoms with Crippen LogP contribution in [0.4, 0.5) is 9.52 Å². The lowest BCUT2D eigenvalue weighted by Gasteiger charge is -2.23. The summed E-state index contributed by atoms with van der Waals surface area (Å²) >= 11 is 1.28. The maximum absolute atomic E-state index is 13.1. The molecule has 30 heavy (non-hydrogen) atoms. The summed E-state index contributed by atoms with van der Waals surface area (Å²) in [5.74, 6) is 0.722. The average Bonchev–Trinajstić information content (AvgIpc) is 3.18. The predicted octanol–water partition coefficient (Wildman–Crippen LogP) is 4.44. The van der Waals surface area contributed by atoms with Gasteiger partial charge in [0.05, 0.1) is 6.54 Å². The molecule has 0 aliphatic rings. The molecule has 0 fully saturated rings. The molecule has 1 amide bonds. The van der Waals surface area contributed by atoms with Gasteiger partial charge in [-0.3, -0.25) is 4.79 Å². The summed E-state index contributed by atoms with van der Waals surface area (Å²) in [5, 5.41) is 3.76. The normalized spacial score (nSPS) is 12.0. The van der Waals surface area contributed by atoms with Crippen molar-refractivity contribution in [1.29, 1.82) is 0 Å². The Kier molecular flexibility index (Phi) is 7.52. The second kappa shape index (κ2) is 10.3. The standard InChI is InChI=1S/C23H27FN4OS/c1-16(2)17(3)25-22(29)15-28(14-19-7-5-4-6-8-19)23-26-21(27-30-23)13-18-9-11-20(24)12-10-18/h4-12,16-17H,13-15H2,1-3H3,(H,25,29)/t17-/m1/s1. The number of anilines is 1. The lowest BCUT2D eigenvalue weighted by Crippen LogP contribution is -2.42. The summed E-state index contributed by atoms with van der Waals surface area (Å²) in [7, 11) is 0. The Morgan fingerprint density at radius 2 is 1.77 bits per heavy atom. The highest BCUT2D eigenvalue weighted by Gasteiger charge is 2.19. The van der Waals surface area contributed by atoms with Crippen LogP contribution in [-0.2, 0) is 17.8 Å². The van der Waals surface area contributed by atoms with Gasteiger partial charge < -0.3 is 10.2 Å². The van der Waals surface area contributed by atoms with E-state index in [2.05, 4.69) is 28.5 Å². The molecule has 0 spiro atoms. The van der Waals surface area contributed by atoms with Gasteiger partial charge in [0.25, 0.3) is 0 Å². The molecule has 0 unspecified atom stereocenters. The molecule has 1 aromatic heterocycles. The molecule has 158 valence electrons. The minimum absolute atomic E-state index is 0.0394. The second-order valence-corrected chi connectivity index (χ2v) is 8.47. The minimum Gasteiger partial charge on any atom is -0.352 e. The lowest BCUT2D eigenvalue weighted by molar-refractivity contribution is -0.120. The number of carbonyl (C=O) groups excluding carboxylic acids is 1. The molecule has 1 atom stereocenters. The van der Waals surface area contributed by atoms with Crippen LogP contribution >= 0.6 is 11.5 Å². The lowest BCUT2D eigenvalue weighted by atomic mass is 10.1. The topological polar surface area (TPSA) is 58.1 Å². The summed E-state index contributed by atoms with van der Waals surface area (Å²) in [6.07, 6.45) is 0.520. The summed E-state index contributed by atoms with van der Waals surface area (Å²) in [6, 6.07) is 16.4. The van der Waals surface area contributed by atoms with E-state index in [1.807, 2.05) is 42.2 Å². The molecule has 0 aliphatic heterocycles. The molecule has 5 nitrogen and oxygen atoms in total. The summed E-state index contributed by atoms with van der Waals surface area (Å²) in [5.41, 5.74) is 2.04. The number of nitrogens with one attached hydrogen (secondary N) is 1. The quantitative estimate of drug-likeness (QED) is 0.550. The van der Waals surface area contributed by atoms with Crippen LogP contribution in [0.25, 0.3) is 0 Å². The van der Waals surface area contributed by atoms with Crippen LogP contribution in [0.3, 0.4) is 0 Å². The second-order valence-electron chi connectivity index (χ2n) is 7.74. The van der Waals surface area contributed by atoms with E-state index in [-0.39, 0.29) is 24.3 Å². The van der Waals surface area contributed by atoms with Crippen molar-refractivity contribution in [1.82, 2.24) is 14.7 Å². The molecule has 0 bridgehead atoms. The van der Waals surface area contributed by atoms with Crippen molar-refractivity contribution in [3.63, 3.8) is 0 Å². The van der Waals surface area contributed by atoms with E-state index in [9.17, 15) is 9.18 Å². The van der Waals surface area contributed by atoms with Crippen molar-refractivity contribution >= 4 is 22.6 Å². The predicted molar refractivity (Wildman–Crippen MR) is 119 cm³/mol. The number of amides is 1. The Morgan fingerprint density at radius 1 is 1.07 bits per heavy atom. The van der Waals surface area contributed by atoms with Crippen LogP contribution in [0.5, 0.6) is 0 Å². The molecule has 3 aromatic rings. The zero-order valence-electron chi connectivity index (χ0n) is 17.5. The van der Waals surface area contributed by atoms with Gasteiger partial charge in [-0.15, -0.1) is 0 Å². The van der Waals surface area contributed by atoms with Crippen molar-refractivity contribution in [2.45, 2.75) is 39.8 Å². The van der Waals surface area contributed by atoms with Gasteiger partial charge >= 0.3 is 0 Å². The van der Waals surface area contributed by atoms with Crippen LogP contribution in [0.1, 0.15) is 37.7 Å². The first-order valence-electron chi connectivity index (χ1n) is 10.1. The Balaban J connectivity index is 1.75. The van der Waals surface area contributed by atoms with Crippen molar-refractivity contribution < 1.29 is 9.18 Å². The number of nitrogens with zero attached hydrogens (tertiary/aromatic N) is 3. The molecule has 7 heteroatoms. The van der Waals surface area contributed by atoms with Crippen molar-refractivity contribution in [2.24, 2.45) is 5.92 Å². The number of hydrogen-bond acceptors (Lipinski definition) is 5. The van der Waals surface area contributed by atoms with Gasteiger partial charge in [-0.2, -0.15) is 4.37 Å². The maximum Gasteiger partial charge on any atom is 0.239 e. The van der Waals surface area contributed by atoms with Gasteiger partial charge in [0.2, 0.25) is 11.0 Å². The van der Waals surface area contributed by atoms with Gasteiger partial charge in [0.15, 0.2) is 0 Å². The molecule has 0 radical (unpaired) electrons. The fourth-order valence-corrected chi connectivity index (χ4v) is 3.55. The van der Waals surface area contributed by atoms with Gasteiger partial charge in [0.1, 0.15) is 11.6 Å². The molecule has 2 aromatic carbocycles. The fraction of sp³-hybridized carbons (Fsp3) is 0.348. The number of halogens is 1. The van der Waals surface area contributed by atoms with E-state index < -0.39 is 0 Å². The first kappa shape index (κ1) is 21.9. The first-order chi connectivity index (χ1) is 14.4. The zero-order valence-corrected chi connectivity index (χ0v) is 18.3. The van der Waals surface area contributed by atoms with E-state index in [4.69, 9.17) is 0 Å². The highest BCUT2D eigenvalue weighted by molar-refractivity contribution is 7.09. The Bertz CT molecular complexity index is 943. The third kappa shape index (κ3) is 6.35. The molecule has 0 aliphatic carbocycles. The summed E-state index contributed by atoms with van der Waals surface area (Å²) < 4.78 is 17.6. The fourth-order valence-electron chi connectivity index (χ4n) is 2.86. The summed E-state index contributed by atoms with van der Waals surface area (Å²) in [6.45, 7) is 6.95. The number of carbonyl (C=O) groups is 1. The van der Waals surface area contributed by atoms with Gasteiger partial charge in [-0.25, -0.2) is 9.37 Å². The van der Waals surface area contributed by atoms with Crippen molar-refractivity contribution in [2.75, 3.05) is 11.4 Å². The third-order valence-electron chi connectivity index (χ3n) is 4.94.